The van der Waals surface area contributed by atoms with Crippen molar-refractivity contribution in [3.05, 3.63) is 101 Å². The fraction of sp³-hybridized carbons (Fsp3) is 0.281. The first-order chi connectivity index (χ1) is 19.1. The number of hydrogen-bond acceptors (Lipinski definition) is 4. The summed E-state index contributed by atoms with van der Waals surface area (Å²) in [6, 6.07) is 12.0. The monoisotopic (exact) mass is 563 g/mol. The predicted octanol–water partition coefficient (Wildman–Crippen LogP) is 8.42. The van der Waals surface area contributed by atoms with E-state index in [2.05, 4.69) is 18.3 Å². The molecule has 210 valence electrons. The van der Waals surface area contributed by atoms with E-state index in [9.17, 15) is 9.18 Å². The topological polar surface area (TPSA) is 74.5 Å². The van der Waals surface area contributed by atoms with Gasteiger partial charge in [0.1, 0.15) is 11.7 Å². The van der Waals surface area contributed by atoms with E-state index in [0.29, 0.717) is 42.2 Å². The summed E-state index contributed by atoms with van der Waals surface area (Å²) >= 11 is 5.92. The van der Waals surface area contributed by atoms with Gasteiger partial charge in [-0.2, -0.15) is 0 Å². The van der Waals surface area contributed by atoms with Gasteiger partial charge in [-0.05, 0) is 74.2 Å². The Hall–Kier alpha value is -3.97. The number of halogens is 2. The van der Waals surface area contributed by atoms with Crippen LogP contribution in [0.3, 0.4) is 0 Å². The van der Waals surface area contributed by atoms with E-state index >= 15 is 0 Å². The quantitative estimate of drug-likeness (QED) is 0.122. The highest BCUT2D eigenvalue weighted by Crippen LogP contribution is 2.35. The van der Waals surface area contributed by atoms with Crippen LogP contribution < -0.4 is 4.90 Å². The highest BCUT2D eigenvalue weighted by Gasteiger charge is 2.37. The van der Waals surface area contributed by atoms with Crippen LogP contribution in [0.2, 0.25) is 0 Å². The molecule has 1 aliphatic rings. The Labute approximate surface area is 240 Å². The van der Waals surface area contributed by atoms with E-state index in [1.165, 1.54) is 12.1 Å². The number of aliphatic imine (C=N–C) groups is 1. The third-order valence-electron chi connectivity index (χ3n) is 6.70. The van der Waals surface area contributed by atoms with Gasteiger partial charge in [-0.1, -0.05) is 60.3 Å². The van der Waals surface area contributed by atoms with Crippen molar-refractivity contribution in [1.29, 1.82) is 0 Å². The average Bonchev–Trinajstić information content (AvgIpc) is 3.33. The minimum atomic E-state index is -0.831. The molecule has 1 N–H and O–H groups in total. The highest BCUT2D eigenvalue weighted by molar-refractivity contribution is 6.30. The molecule has 1 heterocycles. The number of carbonyl (C=O) groups is 1. The third-order valence-corrected chi connectivity index (χ3v) is 6.83. The number of oxime groups is 1. The van der Waals surface area contributed by atoms with E-state index in [1.54, 1.807) is 24.3 Å². The Bertz CT molecular complexity index is 1380. The molecule has 1 unspecified atom stereocenters. The molecule has 0 aliphatic carbocycles. The average molecular weight is 564 g/mol. The number of anilines is 1. The second kappa shape index (κ2) is 13.9. The van der Waals surface area contributed by atoms with Crippen molar-refractivity contribution in [1.82, 2.24) is 0 Å². The van der Waals surface area contributed by atoms with Crippen LogP contribution in [0.4, 0.5) is 15.8 Å². The van der Waals surface area contributed by atoms with Gasteiger partial charge in [0, 0.05) is 42.6 Å². The molecule has 0 bridgehead atoms. The molecule has 0 spiro atoms. The molecule has 3 rings (SSSR count). The van der Waals surface area contributed by atoms with Gasteiger partial charge in [0.25, 0.3) is 0 Å². The zero-order chi connectivity index (χ0) is 29.3. The zero-order valence-corrected chi connectivity index (χ0v) is 23.9. The van der Waals surface area contributed by atoms with Gasteiger partial charge in [-0.15, -0.1) is 0 Å². The number of allylic oxidation sites excluding steroid dienone is 3. The fourth-order valence-corrected chi connectivity index (χ4v) is 4.47. The second-order valence-electron chi connectivity index (χ2n) is 9.70. The number of aliphatic carboxylic acids is 1. The van der Waals surface area contributed by atoms with Crippen LogP contribution in [-0.4, -0.2) is 35.3 Å². The number of carboxylic acids is 1. The molecule has 0 fully saturated rings. The van der Waals surface area contributed by atoms with Gasteiger partial charge >= 0.3 is 5.97 Å². The van der Waals surface area contributed by atoms with Crippen molar-refractivity contribution in [2.45, 2.75) is 51.6 Å². The summed E-state index contributed by atoms with van der Waals surface area (Å²) in [6.45, 7) is 11.6. The van der Waals surface area contributed by atoms with Gasteiger partial charge in [0.15, 0.2) is 5.60 Å². The number of hydrogen-bond donors (Lipinski definition) is 1. The number of nitrogens with zero attached hydrogens (tertiary/aromatic N) is 3. The molecule has 1 aliphatic heterocycles. The molecule has 0 radical (unpaired) electrons. The standard InChI is InChI=1S/C32H35ClFN3O3/c1-6-23-13-14-24(29-21-32(4,40-36-29)25(7-2)15-12-22(3)33)20-28(23)35-30(10-8-9-11-31(38)39)37(5)27-18-16-26(34)17-19-27/h6-7,12-20H,1,3,8-11,21H2,2,4-5H3,(H,38,39)/b15-12+,25-7+,35-30-. The largest absolute Gasteiger partial charge is 0.481 e. The number of unbranched alkanes of at least 4 members (excludes halogenated alkanes) is 1. The first-order valence-corrected chi connectivity index (χ1v) is 13.4. The molecule has 0 amide bonds. The van der Waals surface area contributed by atoms with Crippen molar-refractivity contribution in [2.24, 2.45) is 10.1 Å². The van der Waals surface area contributed by atoms with Gasteiger partial charge < -0.3 is 14.8 Å². The Balaban J connectivity index is 1.95. The molecule has 0 saturated heterocycles. The van der Waals surface area contributed by atoms with Crippen LogP contribution in [0, 0.1) is 5.82 Å². The molecule has 2 aromatic carbocycles. The van der Waals surface area contributed by atoms with Crippen LogP contribution >= 0.6 is 11.6 Å². The Morgan fingerprint density at radius 2 is 1.93 bits per heavy atom. The predicted molar refractivity (Wildman–Crippen MR) is 163 cm³/mol. The maximum atomic E-state index is 13.6. The van der Waals surface area contributed by atoms with Crippen LogP contribution in [0.15, 0.2) is 94.6 Å². The summed E-state index contributed by atoms with van der Waals surface area (Å²) in [6.07, 6.45) is 9.62. The van der Waals surface area contributed by atoms with Crippen LogP contribution in [-0.2, 0) is 9.63 Å². The van der Waals surface area contributed by atoms with Crippen molar-refractivity contribution in [3.8, 4) is 0 Å². The number of benzene rings is 2. The lowest BCUT2D eigenvalue weighted by Gasteiger charge is -2.23. The summed E-state index contributed by atoms with van der Waals surface area (Å²) in [5, 5.41) is 13.9. The number of carboxylic acid groups (broad SMARTS) is 1. The molecule has 40 heavy (non-hydrogen) atoms. The van der Waals surface area contributed by atoms with Gasteiger partial charge in [-0.3, -0.25) is 4.79 Å². The first kappa shape index (κ1) is 30.6. The zero-order valence-electron chi connectivity index (χ0n) is 23.2. The molecular weight excluding hydrogens is 529 g/mol. The Morgan fingerprint density at radius 3 is 2.55 bits per heavy atom. The molecule has 1 atom stereocenters. The van der Waals surface area contributed by atoms with E-state index in [1.807, 2.05) is 56.1 Å². The van der Waals surface area contributed by atoms with E-state index in [4.69, 9.17) is 26.5 Å². The minimum Gasteiger partial charge on any atom is -0.481 e. The van der Waals surface area contributed by atoms with Gasteiger partial charge in [0.05, 0.1) is 11.4 Å². The molecule has 0 saturated carbocycles. The van der Waals surface area contributed by atoms with Crippen molar-refractivity contribution < 1.29 is 19.1 Å². The number of amidine groups is 1. The van der Waals surface area contributed by atoms with Crippen molar-refractivity contribution >= 4 is 46.6 Å². The van der Waals surface area contributed by atoms with E-state index in [0.717, 1.165) is 28.1 Å². The highest BCUT2D eigenvalue weighted by atomic mass is 35.5. The first-order valence-electron chi connectivity index (χ1n) is 13.1. The van der Waals surface area contributed by atoms with Crippen LogP contribution in [0.5, 0.6) is 0 Å². The maximum Gasteiger partial charge on any atom is 0.303 e. The molecule has 6 nitrogen and oxygen atoms in total. The van der Waals surface area contributed by atoms with Crippen LogP contribution in [0.25, 0.3) is 6.08 Å². The molecular formula is C32H35ClFN3O3. The lowest BCUT2D eigenvalue weighted by molar-refractivity contribution is -0.137. The second-order valence-corrected chi connectivity index (χ2v) is 10.2. The summed E-state index contributed by atoms with van der Waals surface area (Å²) in [7, 11) is 1.86. The van der Waals surface area contributed by atoms with Crippen molar-refractivity contribution in [2.75, 3.05) is 11.9 Å². The van der Waals surface area contributed by atoms with E-state index in [-0.39, 0.29) is 12.2 Å². The lowest BCUT2D eigenvalue weighted by atomic mass is 9.88. The summed E-state index contributed by atoms with van der Waals surface area (Å²) < 4.78 is 13.6. The molecule has 2 aromatic rings. The van der Waals surface area contributed by atoms with Crippen LogP contribution in [0.1, 0.15) is 57.1 Å². The maximum absolute atomic E-state index is 13.6. The fourth-order valence-electron chi connectivity index (χ4n) is 4.41. The molecule has 8 heteroatoms. The Morgan fingerprint density at radius 1 is 1.23 bits per heavy atom. The summed E-state index contributed by atoms with van der Waals surface area (Å²) in [4.78, 5) is 23.8. The lowest BCUT2D eigenvalue weighted by Crippen LogP contribution is -2.27. The van der Waals surface area contributed by atoms with Crippen molar-refractivity contribution in [3.63, 3.8) is 0 Å². The minimum absolute atomic E-state index is 0.0852. The van der Waals surface area contributed by atoms with Gasteiger partial charge in [0.2, 0.25) is 0 Å². The Kier molecular flexibility index (Phi) is 10.6. The van der Waals surface area contributed by atoms with E-state index < -0.39 is 11.6 Å². The summed E-state index contributed by atoms with van der Waals surface area (Å²) in [5.74, 6) is -0.438. The number of rotatable bonds is 12. The summed E-state index contributed by atoms with van der Waals surface area (Å²) in [5.41, 5.74) is 4.20. The smallest absolute Gasteiger partial charge is 0.303 e. The normalized spacial score (nSPS) is 17.5. The van der Waals surface area contributed by atoms with Gasteiger partial charge in [-0.25, -0.2) is 9.38 Å². The SMILES string of the molecule is C=Cc1ccc(C2=NOC(C)(C(/C=C/C(=C)Cl)=C/C)C2)cc1/N=C(/CCCCC(=O)O)N(C)c1ccc(F)cc1. The third kappa shape index (κ3) is 8.02. The molecule has 0 aromatic heterocycles.